The van der Waals surface area contributed by atoms with Gasteiger partial charge in [0.25, 0.3) is 0 Å². The standard InChI is InChI=1S/C7H10O2/c1-5-4-9-6(2)7(5)3-8/h3,5H,4H2,1-2H3/t5-/m0/s1. The largest absolute Gasteiger partial charge is 0.497 e. The van der Waals surface area contributed by atoms with E-state index in [-0.39, 0.29) is 0 Å². The Morgan fingerprint density at radius 1 is 1.78 bits per heavy atom. The summed E-state index contributed by atoms with van der Waals surface area (Å²) in [5.74, 6) is 1.08. The lowest BCUT2D eigenvalue weighted by Gasteiger charge is -1.95. The lowest BCUT2D eigenvalue weighted by molar-refractivity contribution is -0.105. The zero-order valence-corrected chi connectivity index (χ0v) is 5.68. The van der Waals surface area contributed by atoms with Gasteiger partial charge >= 0.3 is 0 Å². The van der Waals surface area contributed by atoms with E-state index in [1.165, 1.54) is 0 Å². The smallest absolute Gasteiger partial charge is 0.149 e. The highest BCUT2D eigenvalue weighted by Crippen LogP contribution is 2.21. The van der Waals surface area contributed by atoms with E-state index in [2.05, 4.69) is 0 Å². The zero-order chi connectivity index (χ0) is 6.85. The van der Waals surface area contributed by atoms with Crippen molar-refractivity contribution in [3.63, 3.8) is 0 Å². The van der Waals surface area contributed by atoms with Gasteiger partial charge in [0.1, 0.15) is 6.29 Å². The van der Waals surface area contributed by atoms with Crippen molar-refractivity contribution in [1.82, 2.24) is 0 Å². The first-order valence-electron chi connectivity index (χ1n) is 3.04. The van der Waals surface area contributed by atoms with Gasteiger partial charge in [-0.05, 0) is 6.92 Å². The number of carbonyl (C=O) groups excluding carboxylic acids is 1. The molecule has 1 aliphatic heterocycles. The quantitative estimate of drug-likeness (QED) is 0.492. The number of allylic oxidation sites excluding steroid dienone is 1. The molecule has 1 aliphatic rings. The first kappa shape index (κ1) is 6.33. The predicted octanol–water partition coefficient (Wildman–Crippen LogP) is 1.13. The Morgan fingerprint density at radius 2 is 2.44 bits per heavy atom. The van der Waals surface area contributed by atoms with Gasteiger partial charge in [-0.25, -0.2) is 0 Å². The highest BCUT2D eigenvalue weighted by Gasteiger charge is 2.19. The highest BCUT2D eigenvalue weighted by atomic mass is 16.5. The Balaban J connectivity index is 2.81. The molecule has 1 rings (SSSR count). The van der Waals surface area contributed by atoms with Crippen molar-refractivity contribution in [3.8, 4) is 0 Å². The van der Waals surface area contributed by atoms with E-state index in [4.69, 9.17) is 4.74 Å². The summed E-state index contributed by atoms with van der Waals surface area (Å²) >= 11 is 0. The van der Waals surface area contributed by atoms with Crippen molar-refractivity contribution in [3.05, 3.63) is 11.3 Å². The molecule has 0 unspecified atom stereocenters. The molecule has 0 amide bonds. The number of aldehydes is 1. The van der Waals surface area contributed by atoms with Crippen LogP contribution in [0, 0.1) is 5.92 Å². The van der Waals surface area contributed by atoms with E-state index in [0.29, 0.717) is 12.5 Å². The van der Waals surface area contributed by atoms with Crippen LogP contribution in [-0.2, 0) is 9.53 Å². The topological polar surface area (TPSA) is 26.3 Å². The summed E-state index contributed by atoms with van der Waals surface area (Å²) in [6, 6.07) is 0. The van der Waals surface area contributed by atoms with Crippen LogP contribution in [0.2, 0.25) is 0 Å². The predicted molar refractivity (Wildman–Crippen MR) is 33.9 cm³/mol. The van der Waals surface area contributed by atoms with Crippen LogP contribution in [0.3, 0.4) is 0 Å². The Hall–Kier alpha value is -0.790. The zero-order valence-electron chi connectivity index (χ0n) is 5.68. The Kier molecular flexibility index (Phi) is 1.56. The molecule has 0 aromatic heterocycles. The van der Waals surface area contributed by atoms with Gasteiger partial charge in [-0.15, -0.1) is 0 Å². The summed E-state index contributed by atoms with van der Waals surface area (Å²) in [5, 5.41) is 0. The van der Waals surface area contributed by atoms with Gasteiger partial charge in [-0.3, -0.25) is 4.79 Å². The van der Waals surface area contributed by atoms with Crippen molar-refractivity contribution < 1.29 is 9.53 Å². The third-order valence-corrected chi connectivity index (χ3v) is 1.61. The van der Waals surface area contributed by atoms with Gasteiger partial charge in [0.05, 0.1) is 12.4 Å². The van der Waals surface area contributed by atoms with Crippen LogP contribution in [0.15, 0.2) is 11.3 Å². The normalized spacial score (nSPS) is 26.2. The van der Waals surface area contributed by atoms with Crippen LogP contribution in [0.5, 0.6) is 0 Å². The van der Waals surface area contributed by atoms with Crippen LogP contribution >= 0.6 is 0 Å². The summed E-state index contributed by atoms with van der Waals surface area (Å²) in [5.41, 5.74) is 0.815. The molecule has 1 heterocycles. The number of hydrogen-bond acceptors (Lipinski definition) is 2. The minimum Gasteiger partial charge on any atom is -0.497 e. The molecular weight excluding hydrogens is 116 g/mol. The molecule has 0 saturated heterocycles. The lowest BCUT2D eigenvalue weighted by atomic mass is 10.1. The van der Waals surface area contributed by atoms with Gasteiger partial charge in [0.15, 0.2) is 0 Å². The molecule has 0 spiro atoms. The summed E-state index contributed by atoms with van der Waals surface area (Å²) in [4.78, 5) is 10.3. The second-order valence-corrected chi connectivity index (χ2v) is 2.34. The monoisotopic (exact) mass is 126 g/mol. The molecule has 0 N–H and O–H groups in total. The molecule has 0 bridgehead atoms. The molecule has 9 heavy (non-hydrogen) atoms. The van der Waals surface area contributed by atoms with Crippen molar-refractivity contribution in [2.24, 2.45) is 5.92 Å². The molecule has 50 valence electrons. The maximum Gasteiger partial charge on any atom is 0.149 e. The van der Waals surface area contributed by atoms with E-state index in [1.807, 2.05) is 13.8 Å². The van der Waals surface area contributed by atoms with E-state index in [0.717, 1.165) is 17.6 Å². The number of rotatable bonds is 1. The third kappa shape index (κ3) is 0.969. The van der Waals surface area contributed by atoms with Crippen LogP contribution in [-0.4, -0.2) is 12.9 Å². The fourth-order valence-corrected chi connectivity index (χ4v) is 0.969. The molecule has 2 heteroatoms. The fourth-order valence-electron chi connectivity index (χ4n) is 0.969. The van der Waals surface area contributed by atoms with Gasteiger partial charge < -0.3 is 4.74 Å². The minimum absolute atomic E-state index is 0.294. The van der Waals surface area contributed by atoms with Gasteiger partial charge in [-0.2, -0.15) is 0 Å². The average molecular weight is 126 g/mol. The molecule has 0 saturated carbocycles. The summed E-state index contributed by atoms with van der Waals surface area (Å²) in [6.07, 6.45) is 0.882. The average Bonchev–Trinajstić information content (AvgIpc) is 2.12. The van der Waals surface area contributed by atoms with E-state index in [1.54, 1.807) is 0 Å². The van der Waals surface area contributed by atoms with Gasteiger partial charge in [0.2, 0.25) is 0 Å². The number of ether oxygens (including phenoxy) is 1. The van der Waals surface area contributed by atoms with E-state index in [9.17, 15) is 4.79 Å². The maximum atomic E-state index is 10.3. The molecule has 2 nitrogen and oxygen atoms in total. The minimum atomic E-state index is 0.294. The summed E-state index contributed by atoms with van der Waals surface area (Å²) < 4.78 is 5.12. The molecule has 0 aromatic carbocycles. The number of carbonyl (C=O) groups is 1. The molecule has 0 aromatic rings. The third-order valence-electron chi connectivity index (χ3n) is 1.61. The van der Waals surface area contributed by atoms with E-state index >= 15 is 0 Å². The Bertz CT molecular complexity index is 158. The molecule has 0 fully saturated rings. The van der Waals surface area contributed by atoms with Gasteiger partial charge in [0, 0.05) is 11.5 Å². The molecular formula is C7H10O2. The first-order valence-corrected chi connectivity index (χ1v) is 3.04. The van der Waals surface area contributed by atoms with Gasteiger partial charge in [-0.1, -0.05) is 6.92 Å². The Morgan fingerprint density at radius 3 is 2.67 bits per heavy atom. The van der Waals surface area contributed by atoms with Crippen molar-refractivity contribution in [2.45, 2.75) is 13.8 Å². The molecule has 0 aliphatic carbocycles. The summed E-state index contributed by atoms with van der Waals surface area (Å²) in [6.45, 7) is 4.48. The van der Waals surface area contributed by atoms with Crippen molar-refractivity contribution in [2.75, 3.05) is 6.61 Å². The first-order chi connectivity index (χ1) is 4.25. The van der Waals surface area contributed by atoms with Crippen molar-refractivity contribution >= 4 is 6.29 Å². The Labute approximate surface area is 54.5 Å². The fraction of sp³-hybridized carbons (Fsp3) is 0.571. The van der Waals surface area contributed by atoms with Crippen LogP contribution in [0.1, 0.15) is 13.8 Å². The second kappa shape index (κ2) is 2.21. The molecule has 1 atom stereocenters. The van der Waals surface area contributed by atoms with Crippen LogP contribution < -0.4 is 0 Å². The highest BCUT2D eigenvalue weighted by molar-refractivity contribution is 5.75. The van der Waals surface area contributed by atoms with Crippen LogP contribution in [0.4, 0.5) is 0 Å². The lowest BCUT2D eigenvalue weighted by Crippen LogP contribution is -1.98. The maximum absolute atomic E-state index is 10.3. The number of hydrogen-bond donors (Lipinski definition) is 0. The summed E-state index contributed by atoms with van der Waals surface area (Å²) in [7, 11) is 0. The second-order valence-electron chi connectivity index (χ2n) is 2.34. The molecule has 0 radical (unpaired) electrons. The van der Waals surface area contributed by atoms with E-state index < -0.39 is 0 Å². The van der Waals surface area contributed by atoms with Crippen LogP contribution in [0.25, 0.3) is 0 Å². The SMILES string of the molecule is CC1=C(C=O)[C@@H](C)CO1. The van der Waals surface area contributed by atoms with Crippen molar-refractivity contribution in [1.29, 1.82) is 0 Å².